The number of aryl methyl sites for hydroxylation is 1. The summed E-state index contributed by atoms with van der Waals surface area (Å²) < 4.78 is 5.25. The van der Waals surface area contributed by atoms with E-state index in [1.54, 1.807) is 0 Å². The van der Waals surface area contributed by atoms with Gasteiger partial charge in [0.15, 0.2) is 0 Å². The van der Waals surface area contributed by atoms with Crippen LogP contribution in [0.2, 0.25) is 0 Å². The maximum Gasteiger partial charge on any atom is 0.309 e. The molecule has 1 aliphatic rings. The SMILES string of the molecule is Cc1ccc(NC(=O)Cc2nc(COC(=O)[C@@H]3C[C@H]3C)cs2)cc1. The maximum absolute atomic E-state index is 12.0. The molecule has 5 nitrogen and oxygen atoms in total. The second kappa shape index (κ2) is 7.13. The molecule has 1 aromatic heterocycles. The van der Waals surface area contributed by atoms with Crippen LogP contribution in [0.4, 0.5) is 5.69 Å². The van der Waals surface area contributed by atoms with Gasteiger partial charge >= 0.3 is 5.97 Å². The van der Waals surface area contributed by atoms with Gasteiger partial charge in [0.05, 0.1) is 18.0 Å². The van der Waals surface area contributed by atoms with Crippen molar-refractivity contribution in [3.05, 3.63) is 45.9 Å². The van der Waals surface area contributed by atoms with E-state index in [4.69, 9.17) is 4.74 Å². The predicted molar refractivity (Wildman–Crippen MR) is 92.7 cm³/mol. The lowest BCUT2D eigenvalue weighted by Gasteiger charge is -2.04. The minimum Gasteiger partial charge on any atom is -0.459 e. The molecule has 2 atom stereocenters. The molecule has 1 fully saturated rings. The second-order valence-electron chi connectivity index (χ2n) is 6.25. The summed E-state index contributed by atoms with van der Waals surface area (Å²) >= 11 is 1.40. The van der Waals surface area contributed by atoms with Crippen molar-refractivity contribution < 1.29 is 14.3 Å². The van der Waals surface area contributed by atoms with Gasteiger partial charge in [-0.2, -0.15) is 0 Å². The van der Waals surface area contributed by atoms with E-state index in [2.05, 4.69) is 10.3 Å². The molecule has 0 aliphatic heterocycles. The average Bonchev–Trinajstić information content (AvgIpc) is 3.12. The van der Waals surface area contributed by atoms with Crippen LogP contribution in [0.5, 0.6) is 0 Å². The first-order valence-electron chi connectivity index (χ1n) is 7.97. The fraction of sp³-hybridized carbons (Fsp3) is 0.389. The zero-order valence-electron chi connectivity index (χ0n) is 13.7. The van der Waals surface area contributed by atoms with Crippen LogP contribution < -0.4 is 5.32 Å². The van der Waals surface area contributed by atoms with Crippen LogP contribution >= 0.6 is 11.3 Å². The number of hydrogen-bond acceptors (Lipinski definition) is 5. The highest BCUT2D eigenvalue weighted by Crippen LogP contribution is 2.38. The number of nitrogens with one attached hydrogen (secondary N) is 1. The van der Waals surface area contributed by atoms with E-state index < -0.39 is 0 Å². The number of carbonyl (C=O) groups excluding carboxylic acids is 2. The van der Waals surface area contributed by atoms with Crippen LogP contribution in [0.25, 0.3) is 0 Å². The number of thiazole rings is 1. The number of benzene rings is 1. The first kappa shape index (κ1) is 16.6. The number of nitrogens with zero attached hydrogens (tertiary/aromatic N) is 1. The van der Waals surface area contributed by atoms with Gasteiger partial charge in [-0.05, 0) is 31.4 Å². The summed E-state index contributed by atoms with van der Waals surface area (Å²) in [5.41, 5.74) is 2.61. The van der Waals surface area contributed by atoms with Gasteiger partial charge in [-0.25, -0.2) is 4.98 Å². The second-order valence-corrected chi connectivity index (χ2v) is 7.19. The lowest BCUT2D eigenvalue weighted by Crippen LogP contribution is -2.14. The van der Waals surface area contributed by atoms with Gasteiger partial charge in [0, 0.05) is 11.1 Å². The minimum atomic E-state index is -0.144. The Morgan fingerprint density at radius 2 is 2.04 bits per heavy atom. The molecule has 2 aromatic rings. The van der Waals surface area contributed by atoms with E-state index in [-0.39, 0.29) is 30.8 Å². The summed E-state index contributed by atoms with van der Waals surface area (Å²) in [6.07, 6.45) is 1.13. The molecule has 3 rings (SSSR count). The third kappa shape index (κ3) is 4.41. The minimum absolute atomic E-state index is 0.0587. The van der Waals surface area contributed by atoms with Crippen molar-refractivity contribution in [2.75, 3.05) is 5.32 Å². The fourth-order valence-corrected chi connectivity index (χ4v) is 3.16. The van der Waals surface area contributed by atoms with Crippen LogP contribution in [0, 0.1) is 18.8 Å². The molecule has 1 heterocycles. The highest BCUT2D eigenvalue weighted by Gasteiger charge is 2.40. The van der Waals surface area contributed by atoms with E-state index >= 15 is 0 Å². The summed E-state index contributed by atoms with van der Waals surface area (Å²) in [5, 5.41) is 5.39. The number of amides is 1. The van der Waals surface area contributed by atoms with Gasteiger partial charge in [0.2, 0.25) is 5.91 Å². The van der Waals surface area contributed by atoms with E-state index in [0.717, 1.165) is 17.7 Å². The molecule has 0 bridgehead atoms. The third-order valence-corrected chi connectivity index (χ3v) is 4.92. The summed E-state index contributed by atoms with van der Waals surface area (Å²) in [4.78, 5) is 28.1. The third-order valence-electron chi connectivity index (χ3n) is 4.02. The number of aromatic nitrogens is 1. The molecule has 1 aromatic carbocycles. The van der Waals surface area contributed by atoms with Crippen molar-refractivity contribution in [2.24, 2.45) is 11.8 Å². The fourth-order valence-electron chi connectivity index (χ4n) is 2.38. The van der Waals surface area contributed by atoms with Gasteiger partial charge < -0.3 is 10.1 Å². The number of rotatable bonds is 6. The molecule has 24 heavy (non-hydrogen) atoms. The van der Waals surface area contributed by atoms with E-state index in [1.807, 2.05) is 43.5 Å². The molecular formula is C18H20N2O3S. The number of anilines is 1. The molecule has 0 saturated heterocycles. The summed E-state index contributed by atoms with van der Waals surface area (Å²) in [7, 11) is 0. The van der Waals surface area contributed by atoms with Crippen molar-refractivity contribution >= 4 is 28.9 Å². The van der Waals surface area contributed by atoms with E-state index in [1.165, 1.54) is 11.3 Å². The van der Waals surface area contributed by atoms with Crippen molar-refractivity contribution in [3.8, 4) is 0 Å². The normalized spacial score (nSPS) is 18.9. The van der Waals surface area contributed by atoms with Crippen molar-refractivity contribution in [1.82, 2.24) is 4.98 Å². The van der Waals surface area contributed by atoms with Crippen LogP contribution in [-0.2, 0) is 27.4 Å². The molecule has 0 radical (unpaired) electrons. The lowest BCUT2D eigenvalue weighted by atomic mass is 10.2. The molecule has 0 unspecified atom stereocenters. The monoisotopic (exact) mass is 344 g/mol. The molecule has 1 amide bonds. The first-order chi connectivity index (χ1) is 11.5. The quantitative estimate of drug-likeness (QED) is 0.816. The van der Waals surface area contributed by atoms with Crippen LogP contribution in [0.15, 0.2) is 29.6 Å². The van der Waals surface area contributed by atoms with Gasteiger partial charge in [0.1, 0.15) is 11.6 Å². The Labute approximate surface area is 145 Å². The Balaban J connectivity index is 1.47. The Bertz CT molecular complexity index is 739. The van der Waals surface area contributed by atoms with Gasteiger partial charge in [-0.15, -0.1) is 11.3 Å². The molecule has 1 N–H and O–H groups in total. The number of hydrogen-bond donors (Lipinski definition) is 1. The highest BCUT2D eigenvalue weighted by atomic mass is 32.1. The summed E-state index contributed by atoms with van der Waals surface area (Å²) in [6.45, 7) is 4.22. The standard InChI is InChI=1S/C18H20N2O3S/c1-11-3-5-13(6-4-11)19-16(21)8-17-20-14(10-24-17)9-23-18(22)15-7-12(15)2/h3-6,10,12,15H,7-9H2,1-2H3,(H,19,21)/t12-,15-/m1/s1. The number of ether oxygens (including phenoxy) is 1. The van der Waals surface area contributed by atoms with Crippen LogP contribution in [0.3, 0.4) is 0 Å². The largest absolute Gasteiger partial charge is 0.459 e. The average molecular weight is 344 g/mol. The highest BCUT2D eigenvalue weighted by molar-refractivity contribution is 7.09. The Hall–Kier alpha value is -2.21. The first-order valence-corrected chi connectivity index (χ1v) is 8.85. The Morgan fingerprint density at radius 1 is 1.33 bits per heavy atom. The molecule has 1 saturated carbocycles. The summed E-state index contributed by atoms with van der Waals surface area (Å²) in [5.74, 6) is 0.245. The number of carbonyl (C=O) groups is 2. The van der Waals surface area contributed by atoms with E-state index in [9.17, 15) is 9.59 Å². The molecule has 1 aliphatic carbocycles. The van der Waals surface area contributed by atoms with Crippen molar-refractivity contribution in [3.63, 3.8) is 0 Å². The number of esters is 1. The Kier molecular flexibility index (Phi) is 4.94. The zero-order valence-corrected chi connectivity index (χ0v) is 14.6. The van der Waals surface area contributed by atoms with Gasteiger partial charge in [-0.3, -0.25) is 9.59 Å². The van der Waals surface area contributed by atoms with Crippen LogP contribution in [0.1, 0.15) is 29.6 Å². The maximum atomic E-state index is 12.0. The van der Waals surface area contributed by atoms with Gasteiger partial charge in [-0.1, -0.05) is 24.6 Å². The molecule has 6 heteroatoms. The van der Waals surface area contributed by atoms with Crippen molar-refractivity contribution in [1.29, 1.82) is 0 Å². The molecule has 0 spiro atoms. The summed E-state index contributed by atoms with van der Waals surface area (Å²) in [6, 6.07) is 7.65. The van der Waals surface area contributed by atoms with Crippen molar-refractivity contribution in [2.45, 2.75) is 33.3 Å². The topological polar surface area (TPSA) is 68.3 Å². The Morgan fingerprint density at radius 3 is 2.71 bits per heavy atom. The lowest BCUT2D eigenvalue weighted by molar-refractivity contribution is -0.147. The van der Waals surface area contributed by atoms with Gasteiger partial charge in [0.25, 0.3) is 0 Å². The molecular weight excluding hydrogens is 324 g/mol. The van der Waals surface area contributed by atoms with E-state index in [0.29, 0.717) is 16.6 Å². The zero-order chi connectivity index (χ0) is 17.1. The predicted octanol–water partition coefficient (Wildman–Crippen LogP) is 3.33. The van der Waals surface area contributed by atoms with Crippen LogP contribution in [-0.4, -0.2) is 16.9 Å². The smallest absolute Gasteiger partial charge is 0.309 e. The molecule has 126 valence electrons.